The highest BCUT2D eigenvalue weighted by atomic mass is 35.5. The van der Waals surface area contributed by atoms with Gasteiger partial charge in [-0.3, -0.25) is 19.2 Å². The van der Waals surface area contributed by atoms with Crippen LogP contribution in [0.15, 0.2) is 65.6 Å². The zero-order valence-electron chi connectivity index (χ0n) is 18.8. The molecule has 8 nitrogen and oxygen atoms in total. The second kappa shape index (κ2) is 10.2. The summed E-state index contributed by atoms with van der Waals surface area (Å²) in [5.74, 6) is -0.900. The maximum Gasteiger partial charge on any atom is 0.416 e. The predicted molar refractivity (Wildman–Crippen MR) is 129 cm³/mol. The SMILES string of the molecule is Cc1ccc(NC(=O)CN(c2cccc(C(F)(F)F)c2)S(=O)(=O)c2ccc(C)c([N+](=O)[O-])c2)c(Cl)c1. The van der Waals surface area contributed by atoms with Gasteiger partial charge in [0.1, 0.15) is 6.54 Å². The molecule has 0 unspecified atom stereocenters. The van der Waals surface area contributed by atoms with E-state index in [0.29, 0.717) is 10.4 Å². The molecular weight excluding hydrogens is 523 g/mol. The van der Waals surface area contributed by atoms with E-state index in [1.54, 1.807) is 19.1 Å². The molecule has 1 N–H and O–H groups in total. The molecule has 0 saturated carbocycles. The standard InChI is InChI=1S/C23H19ClF3N3O5S/c1-14-6-9-20(19(24)10-14)28-22(31)13-29(17-5-3-4-16(11-17)23(25,26)27)36(34,35)18-8-7-15(2)21(12-18)30(32)33/h3-12H,13H2,1-2H3,(H,28,31). The van der Waals surface area contributed by atoms with E-state index in [9.17, 15) is 36.5 Å². The number of carbonyl (C=O) groups excluding carboxylic acids is 1. The van der Waals surface area contributed by atoms with Gasteiger partial charge in [-0.15, -0.1) is 0 Å². The molecule has 0 spiro atoms. The number of aryl methyl sites for hydroxylation is 2. The number of alkyl halides is 3. The fourth-order valence-corrected chi connectivity index (χ4v) is 4.98. The van der Waals surface area contributed by atoms with Gasteiger partial charge in [0.2, 0.25) is 5.91 Å². The highest BCUT2D eigenvalue weighted by Gasteiger charge is 2.34. The maximum absolute atomic E-state index is 13.5. The van der Waals surface area contributed by atoms with E-state index in [0.717, 1.165) is 35.9 Å². The van der Waals surface area contributed by atoms with E-state index >= 15 is 0 Å². The van der Waals surface area contributed by atoms with Crippen molar-refractivity contribution in [2.75, 3.05) is 16.2 Å². The third-order valence-corrected chi connectivity index (χ3v) is 7.20. The van der Waals surface area contributed by atoms with Crippen LogP contribution in [0.4, 0.5) is 30.2 Å². The van der Waals surface area contributed by atoms with E-state index < -0.39 is 55.4 Å². The van der Waals surface area contributed by atoms with Crippen LogP contribution < -0.4 is 9.62 Å². The number of nitrogens with one attached hydrogen (secondary N) is 1. The Kier molecular flexibility index (Phi) is 7.60. The highest BCUT2D eigenvalue weighted by Crippen LogP contribution is 2.34. The molecule has 36 heavy (non-hydrogen) atoms. The van der Waals surface area contributed by atoms with Crippen molar-refractivity contribution in [1.82, 2.24) is 0 Å². The molecule has 1 amide bonds. The zero-order chi connectivity index (χ0) is 26.8. The summed E-state index contributed by atoms with van der Waals surface area (Å²) in [6, 6.07) is 11.2. The number of rotatable bonds is 7. The topological polar surface area (TPSA) is 110 Å². The fraction of sp³-hybridized carbons (Fsp3) is 0.174. The van der Waals surface area contributed by atoms with E-state index in [4.69, 9.17) is 11.6 Å². The molecule has 3 aromatic rings. The monoisotopic (exact) mass is 541 g/mol. The molecule has 0 bridgehead atoms. The van der Waals surface area contributed by atoms with Crippen LogP contribution in [0.2, 0.25) is 5.02 Å². The molecular formula is C23H19ClF3N3O5S. The third kappa shape index (κ3) is 5.94. The van der Waals surface area contributed by atoms with Gasteiger partial charge in [0.05, 0.1) is 31.8 Å². The van der Waals surface area contributed by atoms with Gasteiger partial charge in [0, 0.05) is 11.6 Å². The van der Waals surface area contributed by atoms with E-state index in [1.807, 2.05) is 0 Å². The van der Waals surface area contributed by atoms with Crippen molar-refractivity contribution in [3.8, 4) is 0 Å². The van der Waals surface area contributed by atoms with Crippen molar-refractivity contribution in [3.63, 3.8) is 0 Å². The lowest BCUT2D eigenvalue weighted by Gasteiger charge is -2.25. The Hall–Kier alpha value is -3.64. The number of carbonyl (C=O) groups is 1. The summed E-state index contributed by atoms with van der Waals surface area (Å²) >= 11 is 6.11. The summed E-state index contributed by atoms with van der Waals surface area (Å²) in [5.41, 5.74) is -0.964. The smallest absolute Gasteiger partial charge is 0.323 e. The fourth-order valence-electron chi connectivity index (χ4n) is 3.27. The van der Waals surface area contributed by atoms with Crippen molar-refractivity contribution in [2.45, 2.75) is 24.9 Å². The maximum atomic E-state index is 13.5. The lowest BCUT2D eigenvalue weighted by Crippen LogP contribution is -2.38. The first-order valence-corrected chi connectivity index (χ1v) is 12.0. The van der Waals surface area contributed by atoms with Crippen molar-refractivity contribution in [1.29, 1.82) is 0 Å². The predicted octanol–water partition coefficient (Wildman–Crippen LogP) is 5.72. The van der Waals surface area contributed by atoms with Gasteiger partial charge >= 0.3 is 6.18 Å². The summed E-state index contributed by atoms with van der Waals surface area (Å²) in [5, 5.41) is 13.9. The normalized spacial score (nSPS) is 11.7. The molecule has 0 aliphatic rings. The van der Waals surface area contributed by atoms with Crippen LogP contribution in [-0.4, -0.2) is 25.8 Å². The van der Waals surface area contributed by atoms with Crippen molar-refractivity contribution in [2.24, 2.45) is 0 Å². The number of anilines is 2. The van der Waals surface area contributed by atoms with Crippen LogP contribution in [0.3, 0.4) is 0 Å². The van der Waals surface area contributed by atoms with Gasteiger partial charge in [-0.2, -0.15) is 13.2 Å². The summed E-state index contributed by atoms with van der Waals surface area (Å²) < 4.78 is 67.4. The summed E-state index contributed by atoms with van der Waals surface area (Å²) in [4.78, 5) is 22.8. The molecule has 0 saturated heterocycles. The van der Waals surface area contributed by atoms with Crippen molar-refractivity contribution < 1.29 is 31.3 Å². The van der Waals surface area contributed by atoms with Gasteiger partial charge < -0.3 is 5.32 Å². The van der Waals surface area contributed by atoms with E-state index in [-0.39, 0.29) is 16.3 Å². The Morgan fingerprint density at radius 1 is 1.08 bits per heavy atom. The molecule has 0 heterocycles. The number of nitro groups is 1. The Balaban J connectivity index is 2.09. The molecule has 0 radical (unpaired) electrons. The van der Waals surface area contributed by atoms with Gasteiger partial charge in [-0.1, -0.05) is 29.8 Å². The first-order valence-electron chi connectivity index (χ1n) is 10.2. The average molecular weight is 542 g/mol. The second-order valence-electron chi connectivity index (χ2n) is 7.80. The van der Waals surface area contributed by atoms with Gasteiger partial charge in [-0.25, -0.2) is 8.42 Å². The van der Waals surface area contributed by atoms with E-state index in [1.165, 1.54) is 19.1 Å². The third-order valence-electron chi connectivity index (χ3n) is 5.11. The Morgan fingerprint density at radius 3 is 2.39 bits per heavy atom. The van der Waals surface area contributed by atoms with Crippen molar-refractivity contribution >= 4 is 44.6 Å². The van der Waals surface area contributed by atoms with Crippen LogP contribution in [0.1, 0.15) is 16.7 Å². The first kappa shape index (κ1) is 27.0. The first-order chi connectivity index (χ1) is 16.7. The molecule has 0 aliphatic heterocycles. The van der Waals surface area contributed by atoms with Gasteiger partial charge in [-0.05, 0) is 55.8 Å². The van der Waals surface area contributed by atoms with Crippen LogP contribution in [-0.2, 0) is 21.0 Å². The molecule has 3 rings (SSSR count). The van der Waals surface area contributed by atoms with Gasteiger partial charge in [0.25, 0.3) is 15.7 Å². The molecule has 0 aliphatic carbocycles. The Bertz CT molecular complexity index is 1450. The number of sulfonamides is 1. The van der Waals surface area contributed by atoms with Crippen molar-refractivity contribution in [3.05, 3.63) is 92.5 Å². The molecule has 0 fully saturated rings. The van der Waals surface area contributed by atoms with Crippen LogP contribution in [0.25, 0.3) is 0 Å². The number of benzene rings is 3. The lowest BCUT2D eigenvalue weighted by molar-refractivity contribution is -0.385. The zero-order valence-corrected chi connectivity index (χ0v) is 20.4. The quantitative estimate of drug-likeness (QED) is 0.304. The lowest BCUT2D eigenvalue weighted by atomic mass is 10.2. The second-order valence-corrected chi connectivity index (χ2v) is 10.1. The number of amides is 1. The molecule has 0 aromatic heterocycles. The van der Waals surface area contributed by atoms with Gasteiger partial charge in [0.15, 0.2) is 0 Å². The average Bonchev–Trinajstić information content (AvgIpc) is 2.78. The summed E-state index contributed by atoms with van der Waals surface area (Å²) in [6.45, 7) is 2.23. The minimum Gasteiger partial charge on any atom is -0.323 e. The number of halogens is 4. The minimum atomic E-state index is -4.79. The largest absolute Gasteiger partial charge is 0.416 e. The number of hydrogen-bond acceptors (Lipinski definition) is 5. The summed E-state index contributed by atoms with van der Waals surface area (Å²) in [6.07, 6.45) is -4.79. The number of nitrogens with zero attached hydrogens (tertiary/aromatic N) is 2. The van der Waals surface area contributed by atoms with Crippen LogP contribution >= 0.6 is 11.6 Å². The number of nitro benzene ring substituents is 1. The van der Waals surface area contributed by atoms with E-state index in [2.05, 4.69) is 5.32 Å². The minimum absolute atomic E-state index is 0.166. The highest BCUT2D eigenvalue weighted by molar-refractivity contribution is 7.92. The van der Waals surface area contributed by atoms with Crippen LogP contribution in [0.5, 0.6) is 0 Å². The molecule has 190 valence electrons. The molecule has 0 atom stereocenters. The Morgan fingerprint density at radius 2 is 1.78 bits per heavy atom. The number of hydrogen-bond donors (Lipinski definition) is 1. The molecule has 3 aromatic carbocycles. The summed E-state index contributed by atoms with van der Waals surface area (Å²) in [7, 11) is -4.73. The Labute approximate surface area is 209 Å². The van der Waals surface area contributed by atoms with Crippen LogP contribution in [0, 0.1) is 24.0 Å². The molecule has 13 heteroatoms.